The van der Waals surface area contributed by atoms with Gasteiger partial charge in [0, 0.05) is 0 Å². The Morgan fingerprint density at radius 3 is 2.48 bits per heavy atom. The number of aromatic hydroxyl groups is 1. The third-order valence-corrected chi connectivity index (χ3v) is 3.40. The fourth-order valence-electron chi connectivity index (χ4n) is 2.04. The summed E-state index contributed by atoms with van der Waals surface area (Å²) in [7, 11) is 0. The van der Waals surface area contributed by atoms with Gasteiger partial charge in [0.1, 0.15) is 11.5 Å². The molecular formula is C17H11ClO3. The van der Waals surface area contributed by atoms with Crippen molar-refractivity contribution < 1.29 is 14.6 Å². The minimum absolute atomic E-state index is 0.0174. The maximum absolute atomic E-state index is 12.1. The lowest BCUT2D eigenvalue weighted by Crippen LogP contribution is -2.08. The molecule has 3 nitrogen and oxygen atoms in total. The second-order valence-electron chi connectivity index (χ2n) is 4.57. The van der Waals surface area contributed by atoms with Crippen molar-refractivity contribution in [2.24, 2.45) is 0 Å². The van der Waals surface area contributed by atoms with Crippen LogP contribution in [0, 0.1) is 0 Å². The molecule has 0 aliphatic carbocycles. The number of rotatable bonds is 2. The van der Waals surface area contributed by atoms with Gasteiger partial charge in [0.25, 0.3) is 0 Å². The van der Waals surface area contributed by atoms with Crippen LogP contribution in [0.15, 0.2) is 60.7 Å². The zero-order valence-electron chi connectivity index (χ0n) is 10.9. The number of hydrogen-bond acceptors (Lipinski definition) is 3. The molecule has 0 aromatic heterocycles. The molecule has 0 heterocycles. The fourth-order valence-corrected chi connectivity index (χ4v) is 2.21. The molecule has 0 saturated carbocycles. The van der Waals surface area contributed by atoms with Crippen LogP contribution in [-0.2, 0) is 0 Å². The molecule has 0 spiro atoms. The van der Waals surface area contributed by atoms with Crippen LogP contribution in [0.4, 0.5) is 0 Å². The van der Waals surface area contributed by atoms with Crippen LogP contribution < -0.4 is 4.74 Å². The highest BCUT2D eigenvalue weighted by molar-refractivity contribution is 6.32. The van der Waals surface area contributed by atoms with Crippen LogP contribution in [-0.4, -0.2) is 11.1 Å². The third-order valence-electron chi connectivity index (χ3n) is 3.10. The Morgan fingerprint density at radius 2 is 1.71 bits per heavy atom. The van der Waals surface area contributed by atoms with Gasteiger partial charge in [0.2, 0.25) is 0 Å². The molecule has 104 valence electrons. The summed E-state index contributed by atoms with van der Waals surface area (Å²) in [6.45, 7) is 0. The third kappa shape index (κ3) is 2.83. The van der Waals surface area contributed by atoms with Crippen LogP contribution in [0.25, 0.3) is 10.8 Å². The SMILES string of the molecule is O=C(Oc1ccccc1)c1ccc2cc(O)c(Cl)cc2c1. The van der Waals surface area contributed by atoms with Gasteiger partial charge in [-0.25, -0.2) is 4.79 Å². The van der Waals surface area contributed by atoms with Gasteiger partial charge in [-0.05, 0) is 47.2 Å². The molecule has 4 heteroatoms. The Hall–Kier alpha value is -2.52. The Bertz CT molecular complexity index is 813. The topological polar surface area (TPSA) is 46.5 Å². The Kier molecular flexibility index (Phi) is 3.50. The standard InChI is InChI=1S/C17H11ClO3/c18-15-9-13-8-12(7-6-11(13)10-16(15)19)17(20)21-14-4-2-1-3-5-14/h1-10,19H. The van der Waals surface area contributed by atoms with E-state index in [1.165, 1.54) is 0 Å². The molecule has 1 N–H and O–H groups in total. The molecule has 0 unspecified atom stereocenters. The maximum atomic E-state index is 12.1. The minimum atomic E-state index is -0.438. The molecule has 0 radical (unpaired) electrons. The number of benzene rings is 3. The quantitative estimate of drug-likeness (QED) is 0.563. The first kappa shape index (κ1) is 13.5. The van der Waals surface area contributed by atoms with E-state index in [1.807, 2.05) is 6.07 Å². The van der Waals surface area contributed by atoms with Crippen LogP contribution >= 0.6 is 11.6 Å². The number of halogens is 1. The van der Waals surface area contributed by atoms with Gasteiger partial charge in [0.15, 0.2) is 0 Å². The summed E-state index contributed by atoms with van der Waals surface area (Å²) in [6, 6.07) is 17.1. The summed E-state index contributed by atoms with van der Waals surface area (Å²) in [5.74, 6) is 0.0717. The molecule has 0 saturated heterocycles. The molecule has 3 aromatic rings. The number of esters is 1. The van der Waals surface area contributed by atoms with Crippen LogP contribution in [0.3, 0.4) is 0 Å². The normalized spacial score (nSPS) is 10.5. The molecule has 0 fully saturated rings. The minimum Gasteiger partial charge on any atom is -0.506 e. The van der Waals surface area contributed by atoms with Crippen molar-refractivity contribution >= 4 is 28.3 Å². The van der Waals surface area contributed by atoms with E-state index in [1.54, 1.807) is 54.6 Å². The van der Waals surface area contributed by atoms with Crippen molar-refractivity contribution in [1.29, 1.82) is 0 Å². The molecular weight excluding hydrogens is 288 g/mol. The highest BCUT2D eigenvalue weighted by Crippen LogP contribution is 2.29. The van der Waals surface area contributed by atoms with E-state index in [0.717, 1.165) is 10.8 Å². The van der Waals surface area contributed by atoms with Crippen molar-refractivity contribution in [3.63, 3.8) is 0 Å². The van der Waals surface area contributed by atoms with E-state index in [4.69, 9.17) is 16.3 Å². The lowest BCUT2D eigenvalue weighted by molar-refractivity contribution is 0.0735. The van der Waals surface area contributed by atoms with E-state index < -0.39 is 5.97 Å². The number of para-hydroxylation sites is 1. The van der Waals surface area contributed by atoms with Gasteiger partial charge in [-0.2, -0.15) is 0 Å². The summed E-state index contributed by atoms with van der Waals surface area (Å²) in [5.41, 5.74) is 0.424. The summed E-state index contributed by atoms with van der Waals surface area (Å²) >= 11 is 5.88. The van der Waals surface area contributed by atoms with Crippen molar-refractivity contribution in [3.05, 3.63) is 71.2 Å². The Labute approximate surface area is 126 Å². The zero-order chi connectivity index (χ0) is 14.8. The fraction of sp³-hybridized carbons (Fsp3) is 0. The van der Waals surface area contributed by atoms with E-state index in [-0.39, 0.29) is 10.8 Å². The smallest absolute Gasteiger partial charge is 0.343 e. The Morgan fingerprint density at radius 1 is 0.952 bits per heavy atom. The predicted octanol–water partition coefficient (Wildman–Crippen LogP) is 4.42. The number of hydrogen-bond donors (Lipinski definition) is 1. The number of fused-ring (bicyclic) bond motifs is 1. The molecule has 0 amide bonds. The molecule has 0 atom stereocenters. The van der Waals surface area contributed by atoms with Crippen molar-refractivity contribution in [3.8, 4) is 11.5 Å². The molecule has 21 heavy (non-hydrogen) atoms. The first-order valence-electron chi connectivity index (χ1n) is 6.33. The number of phenolic OH excluding ortho intramolecular Hbond substituents is 1. The summed E-state index contributed by atoms with van der Waals surface area (Å²) in [4.78, 5) is 12.1. The van der Waals surface area contributed by atoms with Crippen LogP contribution in [0.2, 0.25) is 5.02 Å². The van der Waals surface area contributed by atoms with Crippen molar-refractivity contribution in [2.45, 2.75) is 0 Å². The molecule has 0 bridgehead atoms. The number of carbonyl (C=O) groups excluding carboxylic acids is 1. The van der Waals surface area contributed by atoms with Gasteiger partial charge in [0.05, 0.1) is 10.6 Å². The number of ether oxygens (including phenoxy) is 1. The van der Waals surface area contributed by atoms with E-state index in [2.05, 4.69) is 0 Å². The molecule has 3 rings (SSSR count). The van der Waals surface area contributed by atoms with Crippen molar-refractivity contribution in [1.82, 2.24) is 0 Å². The first-order valence-corrected chi connectivity index (χ1v) is 6.71. The van der Waals surface area contributed by atoms with Gasteiger partial charge in [-0.3, -0.25) is 0 Å². The highest BCUT2D eigenvalue weighted by Gasteiger charge is 2.10. The maximum Gasteiger partial charge on any atom is 0.343 e. The molecule has 0 aliphatic rings. The largest absolute Gasteiger partial charge is 0.506 e. The van der Waals surface area contributed by atoms with Gasteiger partial charge < -0.3 is 9.84 Å². The second-order valence-corrected chi connectivity index (χ2v) is 4.98. The summed E-state index contributed by atoms with van der Waals surface area (Å²) in [6.07, 6.45) is 0. The zero-order valence-corrected chi connectivity index (χ0v) is 11.7. The van der Waals surface area contributed by atoms with Crippen molar-refractivity contribution in [2.75, 3.05) is 0 Å². The van der Waals surface area contributed by atoms with Gasteiger partial charge >= 0.3 is 5.97 Å². The lowest BCUT2D eigenvalue weighted by atomic mass is 10.1. The molecule has 3 aromatic carbocycles. The molecule has 0 aliphatic heterocycles. The Balaban J connectivity index is 1.93. The second kappa shape index (κ2) is 5.46. The van der Waals surface area contributed by atoms with E-state index in [0.29, 0.717) is 11.3 Å². The van der Waals surface area contributed by atoms with Crippen LogP contribution in [0.1, 0.15) is 10.4 Å². The average molecular weight is 299 g/mol. The number of phenols is 1. The lowest BCUT2D eigenvalue weighted by Gasteiger charge is -2.06. The average Bonchev–Trinajstić information content (AvgIpc) is 2.49. The van der Waals surface area contributed by atoms with E-state index >= 15 is 0 Å². The van der Waals surface area contributed by atoms with Gasteiger partial charge in [-0.1, -0.05) is 35.9 Å². The summed E-state index contributed by atoms with van der Waals surface area (Å²) in [5, 5.41) is 11.4. The monoisotopic (exact) mass is 298 g/mol. The number of carbonyl (C=O) groups is 1. The first-order chi connectivity index (χ1) is 10.1. The van der Waals surface area contributed by atoms with E-state index in [9.17, 15) is 9.90 Å². The highest BCUT2D eigenvalue weighted by atomic mass is 35.5. The predicted molar refractivity (Wildman–Crippen MR) is 82.0 cm³/mol. The summed E-state index contributed by atoms with van der Waals surface area (Å²) < 4.78 is 5.28. The van der Waals surface area contributed by atoms with Gasteiger partial charge in [-0.15, -0.1) is 0 Å². The van der Waals surface area contributed by atoms with Crippen LogP contribution in [0.5, 0.6) is 11.5 Å².